The quantitative estimate of drug-likeness (QED) is 0.142. The fourth-order valence-corrected chi connectivity index (χ4v) is 1.92. The number of unbranched alkanes of at least 4 members (excludes halogenated alkanes) is 6. The molecular formula is C14H26BrNO5. The number of nitrogens with zero attached hydrogens (tertiary/aromatic N) is 1. The summed E-state index contributed by atoms with van der Waals surface area (Å²) in [7, 11) is 0. The second kappa shape index (κ2) is 11.0. The summed E-state index contributed by atoms with van der Waals surface area (Å²) in [6.07, 6.45) is 6.64. The molecule has 0 aromatic rings. The van der Waals surface area contributed by atoms with E-state index < -0.39 is 28.1 Å². The number of carbonyl (C=O) groups excluding carboxylic acids is 1. The molecule has 0 rings (SSSR count). The minimum absolute atomic E-state index is 0.258. The van der Waals surface area contributed by atoms with Crippen molar-refractivity contribution in [3.63, 3.8) is 0 Å². The van der Waals surface area contributed by atoms with E-state index in [4.69, 9.17) is 4.74 Å². The molecule has 0 amide bonds. The molecule has 21 heavy (non-hydrogen) atoms. The maximum absolute atomic E-state index is 11.5. The van der Waals surface area contributed by atoms with Crippen LogP contribution in [0.4, 0.5) is 0 Å². The third-order valence-corrected chi connectivity index (χ3v) is 4.54. The van der Waals surface area contributed by atoms with E-state index >= 15 is 0 Å². The van der Waals surface area contributed by atoms with Crippen molar-refractivity contribution in [3.05, 3.63) is 10.1 Å². The van der Waals surface area contributed by atoms with Crippen LogP contribution in [0.3, 0.4) is 0 Å². The van der Waals surface area contributed by atoms with E-state index in [0.717, 1.165) is 19.3 Å². The average Bonchev–Trinajstić information content (AvgIpc) is 2.43. The van der Waals surface area contributed by atoms with Crippen LogP contribution in [-0.2, 0) is 9.53 Å². The van der Waals surface area contributed by atoms with Crippen molar-refractivity contribution in [2.45, 2.75) is 75.8 Å². The highest BCUT2D eigenvalue weighted by atomic mass is 79.9. The van der Waals surface area contributed by atoms with E-state index in [1.54, 1.807) is 0 Å². The third-order valence-electron chi connectivity index (χ3n) is 3.36. The number of nitro groups is 1. The molecule has 2 unspecified atom stereocenters. The summed E-state index contributed by atoms with van der Waals surface area (Å²) in [5.41, 5.74) is 0. The fourth-order valence-electron chi connectivity index (χ4n) is 1.81. The lowest BCUT2D eigenvalue weighted by Gasteiger charge is -2.21. The van der Waals surface area contributed by atoms with Gasteiger partial charge in [0.15, 0.2) is 6.61 Å². The molecule has 1 N–H and O–H groups in total. The van der Waals surface area contributed by atoms with Crippen molar-refractivity contribution in [2.24, 2.45) is 0 Å². The summed E-state index contributed by atoms with van der Waals surface area (Å²) in [6, 6.07) is 0. The van der Waals surface area contributed by atoms with Crippen molar-refractivity contribution in [1.82, 2.24) is 0 Å². The monoisotopic (exact) mass is 367 g/mol. The molecule has 0 bridgehead atoms. The minimum atomic E-state index is -1.83. The number of aliphatic hydroxyl groups excluding tert-OH is 1. The molecule has 0 radical (unpaired) electrons. The number of hydrogen-bond donors (Lipinski definition) is 1. The van der Waals surface area contributed by atoms with E-state index in [2.05, 4.69) is 22.9 Å². The van der Waals surface area contributed by atoms with Crippen molar-refractivity contribution in [3.8, 4) is 0 Å². The van der Waals surface area contributed by atoms with Crippen LogP contribution in [0, 0.1) is 10.1 Å². The Bertz CT molecular complexity index is 324. The summed E-state index contributed by atoms with van der Waals surface area (Å²) in [5.74, 6) is -0.463. The van der Waals surface area contributed by atoms with Gasteiger partial charge < -0.3 is 9.84 Å². The zero-order chi connectivity index (χ0) is 16.3. The molecule has 0 heterocycles. The molecule has 0 spiro atoms. The Kier molecular flexibility index (Phi) is 10.6. The maximum Gasteiger partial charge on any atom is 0.332 e. The molecule has 0 aliphatic heterocycles. The number of hydrogen-bond acceptors (Lipinski definition) is 5. The number of rotatable bonds is 12. The lowest BCUT2D eigenvalue weighted by Crippen LogP contribution is -2.46. The third kappa shape index (κ3) is 8.36. The van der Waals surface area contributed by atoms with E-state index in [-0.39, 0.29) is 6.42 Å². The molecule has 0 aromatic heterocycles. The van der Waals surface area contributed by atoms with Crippen molar-refractivity contribution >= 4 is 21.9 Å². The molecule has 0 aliphatic rings. The molecule has 124 valence electrons. The number of halogens is 1. The van der Waals surface area contributed by atoms with E-state index in [9.17, 15) is 20.0 Å². The topological polar surface area (TPSA) is 89.7 Å². The van der Waals surface area contributed by atoms with Gasteiger partial charge in [0.1, 0.15) is 6.10 Å². The van der Waals surface area contributed by atoms with Gasteiger partial charge in [0.05, 0.1) is 0 Å². The lowest BCUT2D eigenvalue weighted by molar-refractivity contribution is -0.549. The second-order valence-electron chi connectivity index (χ2n) is 5.28. The van der Waals surface area contributed by atoms with Gasteiger partial charge >= 0.3 is 10.4 Å². The molecule has 2 atom stereocenters. The van der Waals surface area contributed by atoms with Gasteiger partial charge in [-0.05, 0) is 13.3 Å². The molecule has 0 saturated carbocycles. The van der Waals surface area contributed by atoms with Crippen molar-refractivity contribution < 1.29 is 19.6 Å². The SMILES string of the molecule is CCCCCCCCCC(=O)OCC(Br)(C(C)O)[N+](=O)[O-]. The van der Waals surface area contributed by atoms with Gasteiger partial charge in [0.25, 0.3) is 0 Å². The Labute approximate surface area is 134 Å². The predicted octanol–water partition coefficient (Wildman–Crippen LogP) is 3.42. The summed E-state index contributed by atoms with van der Waals surface area (Å²) in [6.45, 7) is 2.97. The summed E-state index contributed by atoms with van der Waals surface area (Å²) in [4.78, 5) is 21.7. The van der Waals surface area contributed by atoms with E-state index in [0.29, 0.717) is 0 Å². The molecule has 0 aliphatic carbocycles. The van der Waals surface area contributed by atoms with Gasteiger partial charge in [-0.15, -0.1) is 0 Å². The zero-order valence-corrected chi connectivity index (χ0v) is 14.4. The minimum Gasteiger partial charge on any atom is -0.457 e. The van der Waals surface area contributed by atoms with E-state index in [1.165, 1.54) is 32.6 Å². The zero-order valence-electron chi connectivity index (χ0n) is 12.8. The van der Waals surface area contributed by atoms with Gasteiger partial charge in [-0.3, -0.25) is 14.9 Å². The van der Waals surface area contributed by atoms with Crippen LogP contribution in [0.2, 0.25) is 0 Å². The number of carbonyl (C=O) groups is 1. The Morgan fingerprint density at radius 2 is 1.81 bits per heavy atom. The average molecular weight is 368 g/mol. The summed E-state index contributed by atoms with van der Waals surface area (Å²) < 4.78 is 3.06. The van der Waals surface area contributed by atoms with Crippen molar-refractivity contribution in [1.29, 1.82) is 0 Å². The van der Waals surface area contributed by atoms with Crippen molar-refractivity contribution in [2.75, 3.05) is 6.61 Å². The fraction of sp³-hybridized carbons (Fsp3) is 0.929. The van der Waals surface area contributed by atoms with Gasteiger partial charge in [-0.2, -0.15) is 0 Å². The van der Waals surface area contributed by atoms with Crippen LogP contribution in [0.1, 0.15) is 65.2 Å². The first kappa shape index (κ1) is 20.3. The molecule has 0 aromatic carbocycles. The Morgan fingerprint density at radius 1 is 1.29 bits per heavy atom. The standard InChI is InChI=1S/C14H26BrNO5/c1-3-4-5-6-7-8-9-10-13(18)21-11-14(15,12(2)17)16(19)20/h12,17H,3-11H2,1-2H3. The number of ether oxygens (including phenoxy) is 1. The molecular weight excluding hydrogens is 342 g/mol. The first-order valence-corrected chi connectivity index (χ1v) is 8.31. The smallest absolute Gasteiger partial charge is 0.332 e. The normalized spacial score (nSPS) is 15.2. The van der Waals surface area contributed by atoms with Crippen LogP contribution < -0.4 is 0 Å². The molecule has 6 nitrogen and oxygen atoms in total. The van der Waals surface area contributed by atoms with Crippen LogP contribution >= 0.6 is 15.9 Å². The maximum atomic E-state index is 11.5. The van der Waals surface area contributed by atoms with Gasteiger partial charge in [-0.25, -0.2) is 0 Å². The van der Waals surface area contributed by atoms with Gasteiger partial charge in [0, 0.05) is 27.3 Å². The van der Waals surface area contributed by atoms with E-state index in [1.807, 2.05) is 0 Å². The molecule has 0 saturated heterocycles. The van der Waals surface area contributed by atoms with Crippen LogP contribution in [0.15, 0.2) is 0 Å². The lowest BCUT2D eigenvalue weighted by atomic mass is 10.1. The Hall–Kier alpha value is -0.690. The largest absolute Gasteiger partial charge is 0.457 e. The highest BCUT2D eigenvalue weighted by Gasteiger charge is 2.46. The molecule has 0 fully saturated rings. The highest BCUT2D eigenvalue weighted by molar-refractivity contribution is 9.10. The summed E-state index contributed by atoms with van der Waals surface area (Å²) >= 11 is 2.83. The first-order valence-electron chi connectivity index (χ1n) is 7.51. The molecule has 7 heteroatoms. The number of aliphatic hydroxyl groups is 1. The van der Waals surface area contributed by atoms with Crippen LogP contribution in [0.25, 0.3) is 0 Å². The summed E-state index contributed by atoms with van der Waals surface area (Å²) in [5, 5.41) is 20.3. The van der Waals surface area contributed by atoms with Gasteiger partial charge in [-0.1, -0.05) is 45.4 Å². The van der Waals surface area contributed by atoms with Crippen LogP contribution in [-0.4, -0.2) is 33.2 Å². The highest BCUT2D eigenvalue weighted by Crippen LogP contribution is 2.24. The predicted molar refractivity (Wildman–Crippen MR) is 83.9 cm³/mol. The Balaban J connectivity index is 3.82. The number of alkyl halides is 1. The number of esters is 1. The Morgan fingerprint density at radius 3 is 2.29 bits per heavy atom. The second-order valence-corrected chi connectivity index (χ2v) is 6.66. The van der Waals surface area contributed by atoms with Gasteiger partial charge in [0.2, 0.25) is 0 Å². The van der Waals surface area contributed by atoms with Crippen LogP contribution in [0.5, 0.6) is 0 Å². The first-order chi connectivity index (χ1) is 9.84.